The Hall–Kier alpha value is -0.660. The van der Waals surface area contributed by atoms with Crippen molar-refractivity contribution in [2.45, 2.75) is 19.9 Å². The summed E-state index contributed by atoms with van der Waals surface area (Å²) in [6.07, 6.45) is 4.69. The Morgan fingerprint density at radius 3 is 2.89 bits per heavy atom. The molecule has 2 rings (SSSR count). The molecule has 7 heteroatoms. The van der Waals surface area contributed by atoms with E-state index in [1.807, 2.05) is 30.1 Å². The number of rotatable bonds is 5. The van der Waals surface area contributed by atoms with Crippen LogP contribution in [0.15, 0.2) is 26.7 Å². The van der Waals surface area contributed by atoms with Crippen molar-refractivity contribution in [2.75, 3.05) is 6.54 Å². The number of halogens is 2. The maximum atomic E-state index is 11.9. The van der Waals surface area contributed by atoms with E-state index in [1.165, 1.54) is 11.3 Å². The maximum Gasteiger partial charge on any atom is 0.261 e. The highest BCUT2D eigenvalue weighted by atomic mass is 79.9. The predicted octanol–water partition coefficient (Wildman–Crippen LogP) is 3.60. The molecule has 0 aliphatic carbocycles. The Labute approximate surface area is 132 Å². The summed E-state index contributed by atoms with van der Waals surface area (Å²) in [5.74, 6) is -0.0342. The molecule has 1 amide bonds. The molecule has 0 fully saturated rings. The molecule has 0 aromatic carbocycles. The van der Waals surface area contributed by atoms with Crippen LogP contribution in [0.5, 0.6) is 0 Å². The highest BCUT2D eigenvalue weighted by Crippen LogP contribution is 2.32. The van der Waals surface area contributed by atoms with E-state index in [0.29, 0.717) is 11.4 Å². The zero-order chi connectivity index (χ0) is 13.8. The van der Waals surface area contributed by atoms with Gasteiger partial charge in [-0.2, -0.15) is 5.10 Å². The lowest BCUT2D eigenvalue weighted by molar-refractivity contribution is 0.0956. The first kappa shape index (κ1) is 14.7. The molecule has 4 nitrogen and oxygen atoms in total. The molecule has 0 atom stereocenters. The maximum absolute atomic E-state index is 11.9. The number of thiophene rings is 1. The van der Waals surface area contributed by atoms with Crippen LogP contribution in [0.3, 0.4) is 0 Å². The molecular formula is C12H13Br2N3OS. The van der Waals surface area contributed by atoms with Crippen LogP contribution < -0.4 is 5.32 Å². The van der Waals surface area contributed by atoms with Gasteiger partial charge >= 0.3 is 0 Å². The highest BCUT2D eigenvalue weighted by molar-refractivity contribution is 9.13. The fourth-order valence-electron chi connectivity index (χ4n) is 1.58. The third kappa shape index (κ3) is 4.15. The number of amides is 1. The average molecular weight is 407 g/mol. The quantitative estimate of drug-likeness (QED) is 0.771. The number of hydrogen-bond donors (Lipinski definition) is 1. The largest absolute Gasteiger partial charge is 0.351 e. The Bertz CT molecular complexity index is 560. The third-order valence-corrected chi connectivity index (χ3v) is 5.74. The topological polar surface area (TPSA) is 46.9 Å². The van der Waals surface area contributed by atoms with E-state index in [0.717, 1.165) is 26.8 Å². The van der Waals surface area contributed by atoms with Crippen LogP contribution in [0, 0.1) is 6.92 Å². The van der Waals surface area contributed by atoms with Gasteiger partial charge in [-0.25, -0.2) is 0 Å². The van der Waals surface area contributed by atoms with E-state index in [2.05, 4.69) is 42.3 Å². The van der Waals surface area contributed by atoms with Gasteiger partial charge in [-0.15, -0.1) is 11.3 Å². The standard InChI is InChI=1S/C12H13Br2N3OS/c1-8-6-16-17(7-8)4-2-3-15-12(18)10-5-9(13)11(14)19-10/h5-7H,2-4H2,1H3,(H,15,18). The molecule has 2 heterocycles. The summed E-state index contributed by atoms with van der Waals surface area (Å²) in [5.41, 5.74) is 1.15. The van der Waals surface area contributed by atoms with Crippen LogP contribution in [0.25, 0.3) is 0 Å². The second-order valence-corrected chi connectivity index (χ2v) is 7.35. The summed E-state index contributed by atoms with van der Waals surface area (Å²) in [4.78, 5) is 12.6. The molecule has 0 aliphatic rings. The van der Waals surface area contributed by atoms with E-state index in [1.54, 1.807) is 0 Å². The first-order chi connectivity index (χ1) is 9.06. The zero-order valence-electron chi connectivity index (χ0n) is 10.3. The van der Waals surface area contributed by atoms with Gasteiger partial charge in [0.05, 0.1) is 14.9 Å². The molecule has 0 radical (unpaired) electrons. The van der Waals surface area contributed by atoms with E-state index >= 15 is 0 Å². The van der Waals surface area contributed by atoms with Crippen molar-refractivity contribution < 1.29 is 4.79 Å². The zero-order valence-corrected chi connectivity index (χ0v) is 14.3. The lowest BCUT2D eigenvalue weighted by atomic mass is 10.4. The van der Waals surface area contributed by atoms with Gasteiger partial charge in [0.25, 0.3) is 5.91 Å². The number of aryl methyl sites for hydroxylation is 2. The van der Waals surface area contributed by atoms with Gasteiger partial charge in [-0.3, -0.25) is 9.48 Å². The molecule has 0 saturated carbocycles. The molecule has 0 unspecified atom stereocenters. The van der Waals surface area contributed by atoms with Crippen molar-refractivity contribution in [3.8, 4) is 0 Å². The summed E-state index contributed by atoms with van der Waals surface area (Å²) in [6.45, 7) is 3.47. The Morgan fingerprint density at radius 2 is 2.32 bits per heavy atom. The van der Waals surface area contributed by atoms with Gasteiger partial charge in [0.15, 0.2) is 0 Å². The molecular weight excluding hydrogens is 394 g/mol. The third-order valence-electron chi connectivity index (χ3n) is 2.48. The number of hydrogen-bond acceptors (Lipinski definition) is 3. The van der Waals surface area contributed by atoms with Gasteiger partial charge in [0, 0.05) is 23.8 Å². The summed E-state index contributed by atoms with van der Waals surface area (Å²) in [6, 6.07) is 1.82. The van der Waals surface area contributed by atoms with E-state index in [4.69, 9.17) is 0 Å². The number of nitrogens with one attached hydrogen (secondary N) is 1. The second kappa shape index (κ2) is 6.67. The normalized spacial score (nSPS) is 10.7. The Kier molecular flexibility index (Phi) is 5.18. The molecule has 0 bridgehead atoms. The minimum atomic E-state index is -0.0342. The highest BCUT2D eigenvalue weighted by Gasteiger charge is 2.11. The van der Waals surface area contributed by atoms with E-state index in [-0.39, 0.29) is 5.91 Å². The van der Waals surface area contributed by atoms with Gasteiger partial charge < -0.3 is 5.32 Å². The second-order valence-electron chi connectivity index (χ2n) is 4.12. The summed E-state index contributed by atoms with van der Waals surface area (Å²) < 4.78 is 3.74. The van der Waals surface area contributed by atoms with Crippen LogP contribution >= 0.6 is 43.2 Å². The van der Waals surface area contributed by atoms with Crippen molar-refractivity contribution in [3.05, 3.63) is 37.2 Å². The molecule has 0 saturated heterocycles. The fourth-order valence-corrected chi connectivity index (χ4v) is 3.53. The van der Waals surface area contributed by atoms with Gasteiger partial charge in [-0.1, -0.05) is 0 Å². The number of carbonyl (C=O) groups is 1. The number of aromatic nitrogens is 2. The van der Waals surface area contributed by atoms with Gasteiger partial charge in [-0.05, 0) is 56.8 Å². The minimum absolute atomic E-state index is 0.0342. The molecule has 102 valence electrons. The van der Waals surface area contributed by atoms with Crippen molar-refractivity contribution >= 4 is 49.1 Å². The molecule has 19 heavy (non-hydrogen) atoms. The van der Waals surface area contributed by atoms with Crippen LogP contribution in [-0.2, 0) is 6.54 Å². The summed E-state index contributed by atoms with van der Waals surface area (Å²) >= 11 is 8.17. The van der Waals surface area contributed by atoms with Crippen LogP contribution in [0.4, 0.5) is 0 Å². The van der Waals surface area contributed by atoms with Crippen molar-refractivity contribution in [1.82, 2.24) is 15.1 Å². The monoisotopic (exact) mass is 405 g/mol. The minimum Gasteiger partial charge on any atom is -0.351 e. The summed E-state index contributed by atoms with van der Waals surface area (Å²) in [5, 5.41) is 7.10. The summed E-state index contributed by atoms with van der Waals surface area (Å²) in [7, 11) is 0. The van der Waals surface area contributed by atoms with Gasteiger partial charge in [0.1, 0.15) is 0 Å². The van der Waals surface area contributed by atoms with Crippen LogP contribution in [0.2, 0.25) is 0 Å². The van der Waals surface area contributed by atoms with Crippen LogP contribution in [-0.4, -0.2) is 22.2 Å². The van der Waals surface area contributed by atoms with Crippen molar-refractivity contribution in [1.29, 1.82) is 0 Å². The van der Waals surface area contributed by atoms with E-state index < -0.39 is 0 Å². The lowest BCUT2D eigenvalue weighted by Gasteiger charge is -2.03. The SMILES string of the molecule is Cc1cnn(CCCNC(=O)c2cc(Br)c(Br)s2)c1. The average Bonchev–Trinajstić information content (AvgIpc) is 2.92. The molecule has 0 spiro atoms. The van der Waals surface area contributed by atoms with E-state index in [9.17, 15) is 4.79 Å². The Balaban J connectivity index is 1.75. The number of carbonyl (C=O) groups excluding carboxylic acids is 1. The Morgan fingerprint density at radius 1 is 1.53 bits per heavy atom. The lowest BCUT2D eigenvalue weighted by Crippen LogP contribution is -2.24. The molecule has 0 aliphatic heterocycles. The number of nitrogens with zero attached hydrogens (tertiary/aromatic N) is 2. The van der Waals surface area contributed by atoms with Crippen molar-refractivity contribution in [2.24, 2.45) is 0 Å². The first-order valence-electron chi connectivity index (χ1n) is 5.78. The smallest absolute Gasteiger partial charge is 0.261 e. The van der Waals surface area contributed by atoms with Crippen molar-refractivity contribution in [3.63, 3.8) is 0 Å². The molecule has 2 aromatic heterocycles. The predicted molar refractivity (Wildman–Crippen MR) is 83.6 cm³/mol. The molecule has 1 N–H and O–H groups in total. The van der Waals surface area contributed by atoms with Crippen LogP contribution in [0.1, 0.15) is 21.7 Å². The molecule has 2 aromatic rings. The van der Waals surface area contributed by atoms with Gasteiger partial charge in [0.2, 0.25) is 0 Å². The fraction of sp³-hybridized carbons (Fsp3) is 0.333. The first-order valence-corrected chi connectivity index (χ1v) is 8.18.